The standard InChI is InChI=1S/C16H28O2/c1-5-15(2,3)14(17)18-16(4)10-8-6-7-9-12-11-13(12)16/h12-13H,5-11H2,1-4H3. The minimum Gasteiger partial charge on any atom is -0.459 e. The van der Waals surface area contributed by atoms with Gasteiger partial charge in [-0.25, -0.2) is 0 Å². The Hall–Kier alpha value is -0.530. The molecule has 0 radical (unpaired) electrons. The Bertz CT molecular complexity index is 321. The predicted octanol–water partition coefficient (Wildman–Crippen LogP) is 4.32. The van der Waals surface area contributed by atoms with Gasteiger partial charge in [0, 0.05) is 5.92 Å². The molecule has 0 saturated heterocycles. The molecule has 0 aromatic carbocycles. The molecule has 3 atom stereocenters. The molecule has 2 aliphatic carbocycles. The van der Waals surface area contributed by atoms with E-state index in [1.54, 1.807) is 0 Å². The van der Waals surface area contributed by atoms with Gasteiger partial charge in [0.25, 0.3) is 0 Å². The Kier molecular flexibility index (Phi) is 3.75. The van der Waals surface area contributed by atoms with Crippen molar-refractivity contribution < 1.29 is 9.53 Å². The molecular formula is C16H28O2. The van der Waals surface area contributed by atoms with E-state index in [2.05, 4.69) is 13.8 Å². The van der Waals surface area contributed by atoms with Crippen LogP contribution in [0.4, 0.5) is 0 Å². The lowest BCUT2D eigenvalue weighted by molar-refractivity contribution is -0.173. The SMILES string of the molecule is CCC(C)(C)C(=O)OC1(C)CCCCCC2CC21. The molecule has 0 heterocycles. The molecule has 0 aliphatic heterocycles. The van der Waals surface area contributed by atoms with Gasteiger partial charge in [0.15, 0.2) is 0 Å². The number of esters is 1. The lowest BCUT2D eigenvalue weighted by atomic mass is 9.86. The Balaban J connectivity index is 2.03. The fourth-order valence-electron chi connectivity index (χ4n) is 3.18. The van der Waals surface area contributed by atoms with Crippen LogP contribution in [-0.4, -0.2) is 11.6 Å². The second-order valence-electron chi connectivity index (χ2n) is 7.14. The summed E-state index contributed by atoms with van der Waals surface area (Å²) in [7, 11) is 0. The number of carbonyl (C=O) groups is 1. The summed E-state index contributed by atoms with van der Waals surface area (Å²) in [6.07, 6.45) is 8.39. The summed E-state index contributed by atoms with van der Waals surface area (Å²) in [5.74, 6) is 1.46. The molecule has 2 saturated carbocycles. The van der Waals surface area contributed by atoms with E-state index in [-0.39, 0.29) is 17.0 Å². The largest absolute Gasteiger partial charge is 0.459 e. The Morgan fingerprint density at radius 2 is 2.06 bits per heavy atom. The van der Waals surface area contributed by atoms with Gasteiger partial charge in [0.2, 0.25) is 0 Å². The third-order valence-corrected chi connectivity index (χ3v) is 5.22. The second-order valence-corrected chi connectivity index (χ2v) is 7.14. The second kappa shape index (κ2) is 4.86. The van der Waals surface area contributed by atoms with Crippen LogP contribution in [0, 0.1) is 17.3 Å². The summed E-state index contributed by atoms with van der Waals surface area (Å²) < 4.78 is 5.99. The molecule has 2 rings (SSSR count). The van der Waals surface area contributed by atoms with E-state index < -0.39 is 0 Å². The Morgan fingerprint density at radius 1 is 1.33 bits per heavy atom. The molecule has 18 heavy (non-hydrogen) atoms. The van der Waals surface area contributed by atoms with Crippen LogP contribution < -0.4 is 0 Å². The maximum Gasteiger partial charge on any atom is 0.312 e. The fraction of sp³-hybridized carbons (Fsp3) is 0.938. The summed E-state index contributed by atoms with van der Waals surface area (Å²) in [5, 5.41) is 0. The highest BCUT2D eigenvalue weighted by atomic mass is 16.6. The predicted molar refractivity (Wildman–Crippen MR) is 73.3 cm³/mol. The minimum atomic E-state index is -0.338. The van der Waals surface area contributed by atoms with Crippen molar-refractivity contribution in [2.24, 2.45) is 17.3 Å². The highest BCUT2D eigenvalue weighted by Gasteiger charge is 2.53. The quantitative estimate of drug-likeness (QED) is 0.699. The zero-order chi connectivity index (χ0) is 13.4. The van der Waals surface area contributed by atoms with Crippen molar-refractivity contribution >= 4 is 5.97 Å². The topological polar surface area (TPSA) is 26.3 Å². The number of fused-ring (bicyclic) bond motifs is 1. The zero-order valence-corrected chi connectivity index (χ0v) is 12.4. The molecule has 3 unspecified atom stereocenters. The number of carbonyl (C=O) groups excluding carboxylic acids is 1. The average Bonchev–Trinajstić information content (AvgIpc) is 3.06. The van der Waals surface area contributed by atoms with Crippen molar-refractivity contribution in [1.82, 2.24) is 0 Å². The van der Waals surface area contributed by atoms with Gasteiger partial charge < -0.3 is 4.74 Å². The highest BCUT2D eigenvalue weighted by molar-refractivity contribution is 5.76. The first-order valence-corrected chi connectivity index (χ1v) is 7.62. The highest BCUT2D eigenvalue weighted by Crippen LogP contribution is 2.54. The molecule has 2 heteroatoms. The monoisotopic (exact) mass is 252 g/mol. The van der Waals surface area contributed by atoms with E-state index >= 15 is 0 Å². The van der Waals surface area contributed by atoms with Crippen LogP contribution in [0.25, 0.3) is 0 Å². The van der Waals surface area contributed by atoms with E-state index in [0.29, 0.717) is 5.92 Å². The molecule has 104 valence electrons. The summed E-state index contributed by atoms with van der Waals surface area (Å²) in [6, 6.07) is 0. The summed E-state index contributed by atoms with van der Waals surface area (Å²) >= 11 is 0. The van der Waals surface area contributed by atoms with E-state index in [4.69, 9.17) is 4.74 Å². The number of ether oxygens (including phenoxy) is 1. The minimum absolute atomic E-state index is 0.00118. The van der Waals surface area contributed by atoms with Gasteiger partial charge in [0.1, 0.15) is 5.60 Å². The summed E-state index contributed by atoms with van der Waals surface area (Å²) in [6.45, 7) is 8.21. The summed E-state index contributed by atoms with van der Waals surface area (Å²) in [5.41, 5.74) is -0.523. The number of rotatable bonds is 3. The van der Waals surface area contributed by atoms with Gasteiger partial charge in [-0.05, 0) is 52.4 Å². The first-order chi connectivity index (χ1) is 8.39. The third-order valence-electron chi connectivity index (χ3n) is 5.22. The average molecular weight is 252 g/mol. The molecule has 2 aliphatic rings. The first-order valence-electron chi connectivity index (χ1n) is 7.62. The van der Waals surface area contributed by atoms with Crippen LogP contribution in [0.15, 0.2) is 0 Å². The van der Waals surface area contributed by atoms with Crippen molar-refractivity contribution in [3.05, 3.63) is 0 Å². The van der Waals surface area contributed by atoms with E-state index in [9.17, 15) is 4.79 Å². The zero-order valence-electron chi connectivity index (χ0n) is 12.4. The van der Waals surface area contributed by atoms with Gasteiger partial charge in [-0.1, -0.05) is 26.2 Å². The van der Waals surface area contributed by atoms with Gasteiger partial charge >= 0.3 is 5.97 Å². The van der Waals surface area contributed by atoms with E-state index in [1.807, 2.05) is 13.8 Å². The van der Waals surface area contributed by atoms with Crippen molar-refractivity contribution in [3.63, 3.8) is 0 Å². The van der Waals surface area contributed by atoms with Gasteiger partial charge in [-0.3, -0.25) is 4.79 Å². The van der Waals surface area contributed by atoms with Crippen LogP contribution in [0.2, 0.25) is 0 Å². The van der Waals surface area contributed by atoms with Gasteiger partial charge in [-0.15, -0.1) is 0 Å². The molecule has 0 spiro atoms. The van der Waals surface area contributed by atoms with Crippen LogP contribution in [0.5, 0.6) is 0 Å². The van der Waals surface area contributed by atoms with Crippen molar-refractivity contribution in [2.75, 3.05) is 0 Å². The van der Waals surface area contributed by atoms with Crippen molar-refractivity contribution in [3.8, 4) is 0 Å². The maximum absolute atomic E-state index is 12.3. The maximum atomic E-state index is 12.3. The van der Waals surface area contributed by atoms with Crippen molar-refractivity contribution in [2.45, 2.75) is 78.2 Å². The number of hydrogen-bond acceptors (Lipinski definition) is 2. The number of hydrogen-bond donors (Lipinski definition) is 0. The molecule has 0 N–H and O–H groups in total. The normalized spacial score (nSPS) is 36.2. The van der Waals surface area contributed by atoms with Crippen LogP contribution >= 0.6 is 0 Å². The smallest absolute Gasteiger partial charge is 0.312 e. The van der Waals surface area contributed by atoms with Crippen LogP contribution in [0.3, 0.4) is 0 Å². The molecule has 2 fully saturated rings. The van der Waals surface area contributed by atoms with Crippen molar-refractivity contribution in [1.29, 1.82) is 0 Å². The van der Waals surface area contributed by atoms with E-state index in [0.717, 1.165) is 18.8 Å². The lowest BCUT2D eigenvalue weighted by Gasteiger charge is -2.35. The summed E-state index contributed by atoms with van der Waals surface area (Å²) in [4.78, 5) is 12.3. The van der Waals surface area contributed by atoms with Crippen LogP contribution in [-0.2, 0) is 9.53 Å². The Morgan fingerprint density at radius 3 is 2.72 bits per heavy atom. The van der Waals surface area contributed by atoms with Crippen LogP contribution in [0.1, 0.15) is 72.6 Å². The molecule has 2 nitrogen and oxygen atoms in total. The first kappa shape index (κ1) is 13.9. The third kappa shape index (κ3) is 2.73. The molecule has 0 aromatic heterocycles. The Labute approximate surface area is 111 Å². The van der Waals surface area contributed by atoms with Gasteiger partial charge in [-0.2, -0.15) is 0 Å². The van der Waals surface area contributed by atoms with Gasteiger partial charge in [0.05, 0.1) is 5.41 Å². The molecule has 0 bridgehead atoms. The lowest BCUT2D eigenvalue weighted by Crippen LogP contribution is -2.40. The molecule has 0 amide bonds. The molecule has 0 aromatic rings. The molecular weight excluding hydrogens is 224 g/mol. The fourth-order valence-corrected chi connectivity index (χ4v) is 3.18. The van der Waals surface area contributed by atoms with E-state index in [1.165, 1.54) is 32.1 Å².